The number of likely N-dealkylation sites (tertiary alicyclic amines) is 1. The van der Waals surface area contributed by atoms with Crippen LogP contribution in [0.1, 0.15) is 18.4 Å². The second kappa shape index (κ2) is 5.60. The maximum absolute atomic E-state index is 11.6. The molecule has 1 fully saturated rings. The van der Waals surface area contributed by atoms with Crippen LogP contribution in [0.4, 0.5) is 15.3 Å². The number of hydrogen-bond donors (Lipinski definition) is 2. The smallest absolute Gasteiger partial charge is 0.420 e. The second-order valence-corrected chi connectivity index (χ2v) is 4.47. The van der Waals surface area contributed by atoms with Crippen LogP contribution in [0.5, 0.6) is 5.75 Å². The molecule has 0 atom stereocenters. The molecule has 0 radical (unpaired) electrons. The Morgan fingerprint density at radius 1 is 1.32 bits per heavy atom. The van der Waals surface area contributed by atoms with Gasteiger partial charge in [-0.2, -0.15) is 0 Å². The van der Waals surface area contributed by atoms with Gasteiger partial charge >= 0.3 is 12.2 Å². The van der Waals surface area contributed by atoms with E-state index in [2.05, 4.69) is 5.32 Å². The molecular weight excluding hydrogens is 248 g/mol. The molecule has 6 nitrogen and oxygen atoms in total. The summed E-state index contributed by atoms with van der Waals surface area (Å²) in [6, 6.07) is 4.51. The van der Waals surface area contributed by atoms with Gasteiger partial charge in [0, 0.05) is 18.8 Å². The number of phenols is 1. The van der Waals surface area contributed by atoms with E-state index in [0.29, 0.717) is 24.3 Å². The number of aryl methyl sites for hydroxylation is 1. The Morgan fingerprint density at radius 2 is 2.00 bits per heavy atom. The molecule has 0 spiro atoms. The van der Waals surface area contributed by atoms with E-state index in [1.54, 1.807) is 13.0 Å². The molecular formula is C13H16N2O4. The predicted octanol–water partition coefficient (Wildman–Crippen LogP) is 2.46. The fraction of sp³-hybridized carbons (Fsp3) is 0.385. The molecule has 2 amide bonds. The number of ether oxygens (including phenoxy) is 1. The normalized spacial score (nSPS) is 14.3. The van der Waals surface area contributed by atoms with Crippen molar-refractivity contribution in [3.05, 3.63) is 23.8 Å². The summed E-state index contributed by atoms with van der Waals surface area (Å²) in [5.74, 6) is 0.115. The summed E-state index contributed by atoms with van der Waals surface area (Å²) in [6.07, 6.45) is 0.443. The van der Waals surface area contributed by atoms with Gasteiger partial charge in [0.2, 0.25) is 0 Å². The topological polar surface area (TPSA) is 78.9 Å². The van der Waals surface area contributed by atoms with Gasteiger partial charge in [-0.05, 0) is 43.5 Å². The third-order valence-corrected chi connectivity index (χ3v) is 2.99. The third-order valence-electron chi connectivity index (χ3n) is 2.99. The van der Waals surface area contributed by atoms with E-state index in [1.807, 2.05) is 0 Å². The van der Waals surface area contributed by atoms with Crippen LogP contribution in [0.2, 0.25) is 0 Å². The molecule has 0 aromatic heterocycles. The maximum atomic E-state index is 11.6. The monoisotopic (exact) mass is 264 g/mol. The molecule has 1 saturated heterocycles. The number of amides is 2. The van der Waals surface area contributed by atoms with Gasteiger partial charge in [0.25, 0.3) is 0 Å². The summed E-state index contributed by atoms with van der Waals surface area (Å²) < 4.78 is 4.70. The minimum absolute atomic E-state index is 0.115. The summed E-state index contributed by atoms with van der Waals surface area (Å²) in [6.45, 7) is 2.99. The van der Waals surface area contributed by atoms with Gasteiger partial charge in [-0.1, -0.05) is 0 Å². The highest BCUT2D eigenvalue weighted by molar-refractivity contribution is 5.93. The Hall–Kier alpha value is -2.24. The number of carbonyl (C=O) groups excluding carboxylic acids is 2. The number of nitrogens with zero attached hydrogens (tertiary/aromatic N) is 1. The number of phenolic OH excluding ortho intramolecular Hbond substituents is 1. The van der Waals surface area contributed by atoms with Crippen molar-refractivity contribution in [3.8, 4) is 5.75 Å². The molecule has 1 aliphatic rings. The minimum Gasteiger partial charge on any atom is -0.508 e. The zero-order valence-electron chi connectivity index (χ0n) is 10.7. The van der Waals surface area contributed by atoms with E-state index >= 15 is 0 Å². The summed E-state index contributed by atoms with van der Waals surface area (Å²) >= 11 is 0. The number of carbonyl (C=O) groups is 2. The molecule has 1 aromatic rings. The van der Waals surface area contributed by atoms with Crippen molar-refractivity contribution in [2.24, 2.45) is 0 Å². The van der Waals surface area contributed by atoms with E-state index in [4.69, 9.17) is 4.74 Å². The van der Waals surface area contributed by atoms with Gasteiger partial charge < -0.3 is 14.7 Å². The van der Waals surface area contributed by atoms with E-state index < -0.39 is 12.2 Å². The number of aromatic hydroxyl groups is 1. The Morgan fingerprint density at radius 3 is 2.63 bits per heavy atom. The number of benzene rings is 1. The first-order valence-electron chi connectivity index (χ1n) is 6.13. The van der Waals surface area contributed by atoms with Crippen molar-refractivity contribution < 1.29 is 19.4 Å². The Balaban J connectivity index is 1.91. The molecule has 2 N–H and O–H groups in total. The first-order chi connectivity index (χ1) is 9.06. The Kier molecular flexibility index (Phi) is 3.89. The van der Waals surface area contributed by atoms with Gasteiger partial charge in [0.1, 0.15) is 5.75 Å². The average molecular weight is 264 g/mol. The lowest BCUT2D eigenvalue weighted by atomic mass is 10.2. The van der Waals surface area contributed by atoms with Gasteiger partial charge in [0.15, 0.2) is 0 Å². The standard InChI is InChI=1S/C13H16N2O4/c1-9-8-10(16)4-5-11(9)14-12(17)19-13(18)15-6-2-3-7-15/h4-5,8,16H,2-3,6-7H2,1H3,(H,14,17). The molecule has 6 heteroatoms. The number of rotatable bonds is 1. The van der Waals surface area contributed by atoms with Gasteiger partial charge in [-0.15, -0.1) is 0 Å². The quantitative estimate of drug-likeness (QED) is 0.603. The molecule has 1 heterocycles. The number of anilines is 1. The average Bonchev–Trinajstić information content (AvgIpc) is 2.86. The van der Waals surface area contributed by atoms with Crippen LogP contribution < -0.4 is 5.32 Å². The van der Waals surface area contributed by atoms with Crippen LogP contribution in [0.25, 0.3) is 0 Å². The lowest BCUT2D eigenvalue weighted by Gasteiger charge is -2.14. The molecule has 0 saturated carbocycles. The first-order valence-corrected chi connectivity index (χ1v) is 6.13. The summed E-state index contributed by atoms with van der Waals surface area (Å²) in [5.41, 5.74) is 1.18. The van der Waals surface area contributed by atoms with Crippen molar-refractivity contribution in [1.29, 1.82) is 0 Å². The zero-order chi connectivity index (χ0) is 13.8. The summed E-state index contributed by atoms with van der Waals surface area (Å²) in [5, 5.41) is 11.7. The molecule has 102 valence electrons. The van der Waals surface area contributed by atoms with Crippen molar-refractivity contribution in [2.75, 3.05) is 18.4 Å². The minimum atomic E-state index is -0.814. The summed E-state index contributed by atoms with van der Waals surface area (Å²) in [7, 11) is 0. The van der Waals surface area contributed by atoms with Crippen molar-refractivity contribution >= 4 is 17.9 Å². The van der Waals surface area contributed by atoms with Crippen LogP contribution in [0.15, 0.2) is 18.2 Å². The Bertz CT molecular complexity index is 495. The fourth-order valence-corrected chi connectivity index (χ4v) is 1.97. The van der Waals surface area contributed by atoms with Crippen LogP contribution in [0, 0.1) is 6.92 Å². The van der Waals surface area contributed by atoms with Crippen LogP contribution in [0.3, 0.4) is 0 Å². The molecule has 0 aliphatic carbocycles. The fourth-order valence-electron chi connectivity index (χ4n) is 1.97. The summed E-state index contributed by atoms with van der Waals surface area (Å²) in [4.78, 5) is 24.7. The first kappa shape index (κ1) is 13.2. The lowest BCUT2D eigenvalue weighted by molar-refractivity contribution is 0.132. The zero-order valence-corrected chi connectivity index (χ0v) is 10.7. The van der Waals surface area contributed by atoms with Crippen LogP contribution >= 0.6 is 0 Å². The highest BCUT2D eigenvalue weighted by Crippen LogP contribution is 2.20. The molecule has 0 bridgehead atoms. The lowest BCUT2D eigenvalue weighted by Crippen LogP contribution is -2.31. The SMILES string of the molecule is Cc1cc(O)ccc1NC(=O)OC(=O)N1CCCC1. The third kappa shape index (κ3) is 3.37. The van der Waals surface area contributed by atoms with Crippen molar-refractivity contribution in [3.63, 3.8) is 0 Å². The highest BCUT2D eigenvalue weighted by atomic mass is 16.6. The van der Waals surface area contributed by atoms with E-state index in [9.17, 15) is 14.7 Å². The van der Waals surface area contributed by atoms with Crippen LogP contribution in [-0.2, 0) is 4.74 Å². The number of hydrogen-bond acceptors (Lipinski definition) is 4. The molecule has 1 aliphatic heterocycles. The molecule has 1 aromatic carbocycles. The van der Waals surface area contributed by atoms with Gasteiger partial charge in [-0.3, -0.25) is 5.32 Å². The highest BCUT2D eigenvalue weighted by Gasteiger charge is 2.22. The Labute approximate surface area is 111 Å². The second-order valence-electron chi connectivity index (χ2n) is 4.47. The van der Waals surface area contributed by atoms with E-state index in [1.165, 1.54) is 17.0 Å². The molecule has 19 heavy (non-hydrogen) atoms. The predicted molar refractivity (Wildman–Crippen MR) is 69.2 cm³/mol. The molecule has 0 unspecified atom stereocenters. The van der Waals surface area contributed by atoms with Crippen molar-refractivity contribution in [2.45, 2.75) is 19.8 Å². The maximum Gasteiger partial charge on any atom is 0.420 e. The van der Waals surface area contributed by atoms with Crippen LogP contribution in [-0.4, -0.2) is 35.3 Å². The van der Waals surface area contributed by atoms with Crippen molar-refractivity contribution in [1.82, 2.24) is 4.90 Å². The molecule has 2 rings (SSSR count). The van der Waals surface area contributed by atoms with E-state index in [-0.39, 0.29) is 5.75 Å². The largest absolute Gasteiger partial charge is 0.508 e. The van der Waals surface area contributed by atoms with E-state index in [0.717, 1.165) is 12.8 Å². The van der Waals surface area contributed by atoms with Gasteiger partial charge in [-0.25, -0.2) is 9.59 Å². The number of nitrogens with one attached hydrogen (secondary N) is 1. The van der Waals surface area contributed by atoms with Gasteiger partial charge in [0.05, 0.1) is 0 Å².